The summed E-state index contributed by atoms with van der Waals surface area (Å²) >= 11 is 3.25. The Morgan fingerprint density at radius 3 is 2.78 bits per heavy atom. The van der Waals surface area contributed by atoms with Gasteiger partial charge in [0.2, 0.25) is 0 Å². The molecule has 0 unspecified atom stereocenters. The number of aromatic carboxylic acids is 1. The van der Waals surface area contributed by atoms with Crippen molar-refractivity contribution >= 4 is 29.1 Å². The van der Waals surface area contributed by atoms with Gasteiger partial charge in [-0.2, -0.15) is 0 Å². The topological polar surface area (TPSA) is 59.4 Å². The van der Waals surface area contributed by atoms with Gasteiger partial charge in [0.25, 0.3) is 0 Å². The zero-order valence-electron chi connectivity index (χ0n) is 9.41. The summed E-state index contributed by atoms with van der Waals surface area (Å²) in [5.74, 6) is 0.564. The second-order valence-electron chi connectivity index (χ2n) is 3.32. The summed E-state index contributed by atoms with van der Waals surface area (Å²) in [5, 5.41) is 10.7. The smallest absolute Gasteiger partial charge is 0.335 e. The van der Waals surface area contributed by atoms with E-state index < -0.39 is 5.97 Å². The van der Waals surface area contributed by atoms with E-state index in [1.165, 1.54) is 12.1 Å². The van der Waals surface area contributed by atoms with E-state index in [-0.39, 0.29) is 5.56 Å². The SMILES string of the molecule is O=C(O)c1ccc(OCCSc2nccs2)cc1. The number of ether oxygens (including phenoxy) is 1. The molecular weight excluding hydrogens is 270 g/mol. The molecule has 0 radical (unpaired) electrons. The lowest BCUT2D eigenvalue weighted by Crippen LogP contribution is -2.01. The van der Waals surface area contributed by atoms with Gasteiger partial charge in [-0.05, 0) is 24.3 Å². The zero-order valence-corrected chi connectivity index (χ0v) is 11.0. The average molecular weight is 281 g/mol. The van der Waals surface area contributed by atoms with Gasteiger partial charge in [-0.25, -0.2) is 9.78 Å². The second kappa shape index (κ2) is 6.42. The largest absolute Gasteiger partial charge is 0.493 e. The van der Waals surface area contributed by atoms with E-state index in [1.54, 1.807) is 41.4 Å². The highest BCUT2D eigenvalue weighted by Gasteiger charge is 2.02. The summed E-state index contributed by atoms with van der Waals surface area (Å²) in [4.78, 5) is 14.8. The normalized spacial score (nSPS) is 10.2. The predicted molar refractivity (Wildman–Crippen MR) is 71.7 cm³/mol. The molecule has 2 rings (SSSR count). The van der Waals surface area contributed by atoms with E-state index in [4.69, 9.17) is 9.84 Å². The summed E-state index contributed by atoms with van der Waals surface area (Å²) in [6.07, 6.45) is 1.78. The Balaban J connectivity index is 1.75. The first-order chi connectivity index (χ1) is 8.75. The zero-order chi connectivity index (χ0) is 12.8. The van der Waals surface area contributed by atoms with Crippen molar-refractivity contribution in [3.8, 4) is 5.75 Å². The van der Waals surface area contributed by atoms with Crippen LogP contribution < -0.4 is 4.74 Å². The number of carbonyl (C=O) groups is 1. The second-order valence-corrected chi connectivity index (χ2v) is 5.56. The van der Waals surface area contributed by atoms with Gasteiger partial charge in [0.05, 0.1) is 12.2 Å². The number of rotatable bonds is 6. The van der Waals surface area contributed by atoms with Crippen LogP contribution in [0.25, 0.3) is 0 Å². The first-order valence-electron chi connectivity index (χ1n) is 5.24. The summed E-state index contributed by atoms with van der Waals surface area (Å²) in [7, 11) is 0. The molecule has 0 fully saturated rings. The minimum absolute atomic E-state index is 0.263. The number of carboxylic acids is 1. The van der Waals surface area contributed by atoms with Gasteiger partial charge in [0, 0.05) is 17.3 Å². The molecule has 0 saturated carbocycles. The molecule has 0 aliphatic rings. The number of hydrogen-bond donors (Lipinski definition) is 1. The molecule has 2 aromatic rings. The summed E-state index contributed by atoms with van der Waals surface area (Å²) < 4.78 is 6.53. The molecule has 6 heteroatoms. The Morgan fingerprint density at radius 2 is 2.17 bits per heavy atom. The van der Waals surface area contributed by atoms with Crippen molar-refractivity contribution in [2.24, 2.45) is 0 Å². The molecule has 1 aromatic heterocycles. The van der Waals surface area contributed by atoms with Crippen LogP contribution in [0.4, 0.5) is 0 Å². The Bertz CT molecular complexity index is 497. The van der Waals surface area contributed by atoms with Crippen LogP contribution in [-0.2, 0) is 0 Å². The third-order valence-electron chi connectivity index (χ3n) is 2.09. The predicted octanol–water partition coefficient (Wildman–Crippen LogP) is 3.01. The molecule has 0 spiro atoms. The number of thiazole rings is 1. The molecule has 0 bridgehead atoms. The van der Waals surface area contributed by atoms with Crippen molar-refractivity contribution in [3.63, 3.8) is 0 Å². The lowest BCUT2D eigenvalue weighted by atomic mass is 10.2. The van der Waals surface area contributed by atoms with Gasteiger partial charge >= 0.3 is 5.97 Å². The number of nitrogens with zero attached hydrogens (tertiary/aromatic N) is 1. The standard InChI is InChI=1S/C12H11NO3S2/c14-11(15)9-1-3-10(4-2-9)16-6-8-18-12-13-5-7-17-12/h1-5,7H,6,8H2,(H,14,15). The fourth-order valence-corrected chi connectivity index (χ4v) is 2.79. The van der Waals surface area contributed by atoms with E-state index in [9.17, 15) is 4.79 Å². The van der Waals surface area contributed by atoms with Crippen LogP contribution in [0.5, 0.6) is 5.75 Å². The summed E-state index contributed by atoms with van der Waals surface area (Å²) in [6.45, 7) is 0.566. The molecular formula is C12H11NO3S2. The van der Waals surface area contributed by atoms with Crippen LogP contribution in [0.2, 0.25) is 0 Å². The number of benzene rings is 1. The van der Waals surface area contributed by atoms with Gasteiger partial charge in [-0.3, -0.25) is 0 Å². The summed E-state index contributed by atoms with van der Waals surface area (Å²) in [6, 6.07) is 6.40. The quantitative estimate of drug-likeness (QED) is 0.651. The monoisotopic (exact) mass is 281 g/mol. The van der Waals surface area contributed by atoms with E-state index in [0.29, 0.717) is 12.4 Å². The third-order valence-corrected chi connectivity index (χ3v) is 4.02. The molecule has 1 heterocycles. The van der Waals surface area contributed by atoms with Crippen LogP contribution in [0.3, 0.4) is 0 Å². The van der Waals surface area contributed by atoms with Crippen molar-refractivity contribution < 1.29 is 14.6 Å². The van der Waals surface area contributed by atoms with Crippen molar-refractivity contribution in [3.05, 3.63) is 41.4 Å². The van der Waals surface area contributed by atoms with Crippen LogP contribution in [0.1, 0.15) is 10.4 Å². The fourth-order valence-electron chi connectivity index (χ4n) is 1.26. The molecule has 0 saturated heterocycles. The molecule has 94 valence electrons. The van der Waals surface area contributed by atoms with E-state index >= 15 is 0 Å². The fraction of sp³-hybridized carbons (Fsp3) is 0.167. The summed E-state index contributed by atoms with van der Waals surface area (Å²) in [5.41, 5.74) is 0.263. The maximum absolute atomic E-state index is 10.7. The Morgan fingerprint density at radius 1 is 1.39 bits per heavy atom. The lowest BCUT2D eigenvalue weighted by Gasteiger charge is -2.05. The molecule has 0 aliphatic carbocycles. The van der Waals surface area contributed by atoms with Gasteiger partial charge in [0.15, 0.2) is 0 Å². The van der Waals surface area contributed by atoms with Gasteiger partial charge in [-0.1, -0.05) is 11.8 Å². The number of thioether (sulfide) groups is 1. The maximum atomic E-state index is 10.7. The highest BCUT2D eigenvalue weighted by molar-refractivity contribution is 8.01. The minimum Gasteiger partial charge on any atom is -0.493 e. The van der Waals surface area contributed by atoms with E-state index in [0.717, 1.165) is 10.1 Å². The molecule has 18 heavy (non-hydrogen) atoms. The Kier molecular flexibility index (Phi) is 4.60. The third kappa shape index (κ3) is 3.75. The van der Waals surface area contributed by atoms with Crippen molar-refractivity contribution in [1.29, 1.82) is 0 Å². The molecule has 1 N–H and O–H groups in total. The highest BCUT2D eigenvalue weighted by atomic mass is 32.2. The van der Waals surface area contributed by atoms with Crippen molar-refractivity contribution in [2.45, 2.75) is 4.34 Å². The Hall–Kier alpha value is -1.53. The number of hydrogen-bond acceptors (Lipinski definition) is 5. The minimum atomic E-state index is -0.930. The van der Waals surface area contributed by atoms with Gasteiger partial charge < -0.3 is 9.84 Å². The number of aromatic nitrogens is 1. The molecule has 4 nitrogen and oxygen atoms in total. The van der Waals surface area contributed by atoms with Gasteiger partial charge in [0.1, 0.15) is 10.1 Å². The van der Waals surface area contributed by atoms with Crippen LogP contribution >= 0.6 is 23.1 Å². The molecule has 0 aliphatic heterocycles. The van der Waals surface area contributed by atoms with E-state index in [2.05, 4.69) is 4.98 Å². The number of carboxylic acid groups (broad SMARTS) is 1. The first-order valence-corrected chi connectivity index (χ1v) is 7.10. The highest BCUT2D eigenvalue weighted by Crippen LogP contribution is 2.20. The maximum Gasteiger partial charge on any atom is 0.335 e. The van der Waals surface area contributed by atoms with Crippen LogP contribution in [0.15, 0.2) is 40.2 Å². The molecule has 1 aromatic carbocycles. The molecule has 0 atom stereocenters. The average Bonchev–Trinajstić information content (AvgIpc) is 2.88. The van der Waals surface area contributed by atoms with Crippen LogP contribution in [0, 0.1) is 0 Å². The van der Waals surface area contributed by atoms with Gasteiger partial charge in [-0.15, -0.1) is 11.3 Å². The van der Waals surface area contributed by atoms with E-state index in [1.807, 2.05) is 5.38 Å². The Labute approximate surface area is 113 Å². The molecule has 0 amide bonds. The van der Waals surface area contributed by atoms with Crippen molar-refractivity contribution in [2.75, 3.05) is 12.4 Å². The first kappa shape index (κ1) is 12.9. The van der Waals surface area contributed by atoms with Crippen LogP contribution in [-0.4, -0.2) is 28.4 Å². The lowest BCUT2D eigenvalue weighted by molar-refractivity contribution is 0.0697. The van der Waals surface area contributed by atoms with Crippen molar-refractivity contribution in [1.82, 2.24) is 4.98 Å².